The van der Waals surface area contributed by atoms with Crippen LogP contribution in [0.2, 0.25) is 5.02 Å². The third-order valence-electron chi connectivity index (χ3n) is 3.38. The molecule has 2 aromatic rings. The van der Waals surface area contributed by atoms with Crippen molar-refractivity contribution in [2.24, 2.45) is 0 Å². The van der Waals surface area contributed by atoms with Gasteiger partial charge in [0, 0.05) is 12.1 Å². The molecule has 0 aliphatic rings. The number of hydrogen-bond donors (Lipinski definition) is 1. The average molecular weight is 385 g/mol. The highest BCUT2D eigenvalue weighted by Crippen LogP contribution is 2.30. The van der Waals surface area contributed by atoms with Gasteiger partial charge >= 0.3 is 5.97 Å². The van der Waals surface area contributed by atoms with Crippen LogP contribution in [0.5, 0.6) is 0 Å². The van der Waals surface area contributed by atoms with Crippen LogP contribution >= 0.6 is 11.6 Å². The molecular weight excluding hydrogens is 372 g/mol. The fraction of sp³-hybridized carbons (Fsp3) is 0.133. The zero-order chi connectivity index (χ0) is 18.8. The van der Waals surface area contributed by atoms with Crippen LogP contribution in [0, 0.1) is 17.0 Å². The van der Waals surface area contributed by atoms with Gasteiger partial charge in [-0.15, -0.1) is 0 Å². The molecule has 0 atom stereocenters. The number of methoxy groups -OCH3 is 1. The van der Waals surface area contributed by atoms with E-state index in [1.54, 1.807) is 0 Å². The van der Waals surface area contributed by atoms with E-state index in [0.717, 1.165) is 12.1 Å². The Bertz CT molecular complexity index is 958. The van der Waals surface area contributed by atoms with Gasteiger partial charge in [0.05, 0.1) is 33.2 Å². The number of nitro groups is 1. The second kappa shape index (κ2) is 7.08. The van der Waals surface area contributed by atoms with Gasteiger partial charge in [-0.2, -0.15) is 0 Å². The van der Waals surface area contributed by atoms with Crippen molar-refractivity contribution in [3.63, 3.8) is 0 Å². The number of non-ortho nitro benzene ring substituents is 1. The molecule has 0 aliphatic heterocycles. The Balaban J connectivity index is 2.49. The first-order chi connectivity index (χ1) is 11.7. The van der Waals surface area contributed by atoms with Crippen molar-refractivity contribution in [3.05, 3.63) is 62.7 Å². The number of sulfonamides is 1. The SMILES string of the molecule is COC(=O)c1cccc(S(=O)(=O)Nc2cc([N+](=O)[O-])ccc2Cl)c1C. The third kappa shape index (κ3) is 3.89. The number of halogens is 1. The molecule has 0 heterocycles. The van der Waals surface area contributed by atoms with Gasteiger partial charge in [0.1, 0.15) is 0 Å². The van der Waals surface area contributed by atoms with E-state index in [1.807, 2.05) is 0 Å². The molecule has 2 rings (SSSR count). The van der Waals surface area contributed by atoms with Crippen LogP contribution in [-0.4, -0.2) is 26.4 Å². The van der Waals surface area contributed by atoms with E-state index in [0.29, 0.717) is 0 Å². The highest BCUT2D eigenvalue weighted by atomic mass is 35.5. The van der Waals surface area contributed by atoms with Crippen molar-refractivity contribution < 1.29 is 22.9 Å². The second-order valence-corrected chi connectivity index (χ2v) is 7.01. The summed E-state index contributed by atoms with van der Waals surface area (Å²) in [6.07, 6.45) is 0. The molecule has 0 radical (unpaired) electrons. The summed E-state index contributed by atoms with van der Waals surface area (Å²) in [7, 11) is -2.95. The fourth-order valence-electron chi connectivity index (χ4n) is 2.14. The lowest BCUT2D eigenvalue weighted by Gasteiger charge is -2.13. The van der Waals surface area contributed by atoms with Gasteiger partial charge in [0.25, 0.3) is 15.7 Å². The topological polar surface area (TPSA) is 116 Å². The van der Waals surface area contributed by atoms with Gasteiger partial charge in [-0.05, 0) is 30.7 Å². The van der Waals surface area contributed by atoms with Crippen LogP contribution in [0.1, 0.15) is 15.9 Å². The van der Waals surface area contributed by atoms with Crippen LogP contribution in [0.25, 0.3) is 0 Å². The number of rotatable bonds is 5. The molecular formula is C15H13ClN2O6S. The number of nitrogens with one attached hydrogen (secondary N) is 1. The summed E-state index contributed by atoms with van der Waals surface area (Å²) in [6, 6.07) is 7.51. The fourth-order valence-corrected chi connectivity index (χ4v) is 3.70. The highest BCUT2D eigenvalue weighted by Gasteiger charge is 2.23. The number of nitro benzene ring substituents is 1. The molecule has 0 bridgehead atoms. The number of carbonyl (C=O) groups is 1. The van der Waals surface area contributed by atoms with E-state index in [2.05, 4.69) is 9.46 Å². The molecule has 0 spiro atoms. The minimum atomic E-state index is -4.14. The number of ether oxygens (including phenoxy) is 1. The maximum atomic E-state index is 12.6. The summed E-state index contributed by atoms with van der Waals surface area (Å²) in [5, 5.41) is 10.8. The number of esters is 1. The van der Waals surface area contributed by atoms with E-state index < -0.39 is 20.9 Å². The molecule has 0 amide bonds. The quantitative estimate of drug-likeness (QED) is 0.481. The van der Waals surface area contributed by atoms with Gasteiger partial charge in [-0.3, -0.25) is 14.8 Å². The van der Waals surface area contributed by atoms with E-state index in [9.17, 15) is 23.3 Å². The smallest absolute Gasteiger partial charge is 0.338 e. The van der Waals surface area contributed by atoms with Crippen molar-refractivity contribution in [1.29, 1.82) is 0 Å². The number of carbonyl (C=O) groups excluding carboxylic acids is 1. The molecule has 8 nitrogen and oxygen atoms in total. The van der Waals surface area contributed by atoms with Crippen LogP contribution in [0.4, 0.5) is 11.4 Å². The number of nitrogens with zero attached hydrogens (tertiary/aromatic N) is 1. The van der Waals surface area contributed by atoms with Crippen LogP contribution in [0.3, 0.4) is 0 Å². The van der Waals surface area contributed by atoms with Gasteiger partial charge in [0.2, 0.25) is 0 Å². The Morgan fingerprint density at radius 3 is 2.56 bits per heavy atom. The lowest BCUT2D eigenvalue weighted by Crippen LogP contribution is -2.16. The van der Waals surface area contributed by atoms with Gasteiger partial charge in [0.15, 0.2) is 0 Å². The Labute approximate surface area is 148 Å². The average Bonchev–Trinajstić information content (AvgIpc) is 2.55. The molecule has 0 saturated heterocycles. The summed E-state index contributed by atoms with van der Waals surface area (Å²) >= 11 is 5.91. The molecule has 0 saturated carbocycles. The first-order valence-electron chi connectivity index (χ1n) is 6.82. The van der Waals surface area contributed by atoms with Gasteiger partial charge in [-0.25, -0.2) is 13.2 Å². The van der Waals surface area contributed by atoms with E-state index >= 15 is 0 Å². The molecule has 0 aromatic heterocycles. The van der Waals surface area contributed by atoms with E-state index in [-0.39, 0.29) is 32.4 Å². The number of benzene rings is 2. The summed E-state index contributed by atoms with van der Waals surface area (Å²) in [4.78, 5) is 21.7. The maximum Gasteiger partial charge on any atom is 0.338 e. The van der Waals surface area contributed by atoms with Crippen molar-refractivity contribution in [3.8, 4) is 0 Å². The van der Waals surface area contributed by atoms with Gasteiger partial charge in [-0.1, -0.05) is 17.7 Å². The molecule has 1 N–H and O–H groups in total. The number of hydrogen-bond acceptors (Lipinski definition) is 6. The minimum Gasteiger partial charge on any atom is -0.465 e. The Morgan fingerprint density at radius 1 is 1.28 bits per heavy atom. The molecule has 2 aromatic carbocycles. The first kappa shape index (κ1) is 18.7. The van der Waals surface area contributed by atoms with Crippen LogP contribution in [-0.2, 0) is 14.8 Å². The monoisotopic (exact) mass is 384 g/mol. The summed E-state index contributed by atoms with van der Waals surface area (Å²) in [5.74, 6) is -0.678. The Morgan fingerprint density at radius 2 is 1.96 bits per heavy atom. The maximum absolute atomic E-state index is 12.6. The lowest BCUT2D eigenvalue weighted by molar-refractivity contribution is -0.384. The summed E-state index contributed by atoms with van der Waals surface area (Å²) < 4.78 is 32.1. The third-order valence-corrected chi connectivity index (χ3v) is 5.22. The van der Waals surface area contributed by atoms with E-state index in [1.165, 1.54) is 38.3 Å². The predicted octanol–water partition coefficient (Wildman–Crippen LogP) is 3.14. The second-order valence-electron chi connectivity index (χ2n) is 4.95. The standard InChI is InChI=1S/C15H13ClN2O6S/c1-9-11(15(19)24-2)4-3-5-14(9)25(22,23)17-13-8-10(18(20)21)6-7-12(13)16/h3-8,17H,1-2H3. The minimum absolute atomic E-state index is 0.00375. The number of anilines is 1. The predicted molar refractivity (Wildman–Crippen MR) is 91.4 cm³/mol. The Kier molecular flexibility index (Phi) is 5.29. The first-order valence-corrected chi connectivity index (χ1v) is 8.68. The molecule has 25 heavy (non-hydrogen) atoms. The van der Waals surface area contributed by atoms with Gasteiger partial charge < -0.3 is 4.74 Å². The van der Waals surface area contributed by atoms with Crippen molar-refractivity contribution in [2.75, 3.05) is 11.8 Å². The Hall–Kier alpha value is -2.65. The molecule has 0 aliphatic carbocycles. The van der Waals surface area contributed by atoms with Crippen molar-refractivity contribution in [1.82, 2.24) is 0 Å². The lowest BCUT2D eigenvalue weighted by atomic mass is 10.1. The van der Waals surface area contributed by atoms with Crippen molar-refractivity contribution in [2.45, 2.75) is 11.8 Å². The zero-order valence-electron chi connectivity index (χ0n) is 13.1. The van der Waals surface area contributed by atoms with Crippen LogP contribution in [0.15, 0.2) is 41.3 Å². The van der Waals surface area contributed by atoms with Crippen molar-refractivity contribution >= 4 is 39.0 Å². The highest BCUT2D eigenvalue weighted by molar-refractivity contribution is 7.92. The largest absolute Gasteiger partial charge is 0.465 e. The zero-order valence-corrected chi connectivity index (χ0v) is 14.7. The summed E-state index contributed by atoms with van der Waals surface area (Å²) in [6.45, 7) is 1.45. The normalized spacial score (nSPS) is 11.0. The summed E-state index contributed by atoms with van der Waals surface area (Å²) in [5.41, 5.74) is -0.181. The van der Waals surface area contributed by atoms with Crippen LogP contribution < -0.4 is 4.72 Å². The molecule has 10 heteroatoms. The molecule has 132 valence electrons. The molecule has 0 fully saturated rings. The van der Waals surface area contributed by atoms with E-state index in [4.69, 9.17) is 11.6 Å². The molecule has 0 unspecified atom stereocenters.